The molecule has 0 bridgehead atoms. The molecule has 174 valence electrons. The molecule has 0 spiro atoms. The van der Waals surface area contributed by atoms with E-state index in [1.54, 1.807) is 19.6 Å². The monoisotopic (exact) mass is 456 g/mol. The molecule has 1 saturated heterocycles. The van der Waals surface area contributed by atoms with Crippen molar-refractivity contribution in [2.75, 3.05) is 31.6 Å². The number of aryl methyl sites for hydroxylation is 1. The largest absolute Gasteiger partial charge is 0.380 e. The zero-order valence-corrected chi connectivity index (χ0v) is 19.2. The van der Waals surface area contributed by atoms with Crippen molar-refractivity contribution < 1.29 is 9.53 Å². The van der Waals surface area contributed by atoms with Crippen LogP contribution in [0.5, 0.6) is 0 Å². The van der Waals surface area contributed by atoms with Crippen LogP contribution in [0.2, 0.25) is 0 Å². The third-order valence-electron chi connectivity index (χ3n) is 6.17. The van der Waals surface area contributed by atoms with Crippen LogP contribution in [0.3, 0.4) is 0 Å². The van der Waals surface area contributed by atoms with Crippen LogP contribution in [-0.4, -0.2) is 58.3 Å². The van der Waals surface area contributed by atoms with Gasteiger partial charge in [0.05, 0.1) is 23.5 Å². The minimum atomic E-state index is -0.108. The second-order valence-electron chi connectivity index (χ2n) is 8.47. The number of rotatable bonds is 8. The summed E-state index contributed by atoms with van der Waals surface area (Å²) in [4.78, 5) is 29.0. The van der Waals surface area contributed by atoms with Crippen molar-refractivity contribution in [2.45, 2.75) is 25.5 Å². The van der Waals surface area contributed by atoms with Gasteiger partial charge in [-0.2, -0.15) is 0 Å². The Bertz CT molecular complexity index is 1260. The van der Waals surface area contributed by atoms with Gasteiger partial charge in [-0.05, 0) is 31.0 Å². The standard InChI is InChI=1S/C26H28N6O2/c1-34-21-10-14-32(17-21)25-24(19-6-3-2-4-7-19)29-22-9-8-20(16-23(22)30-25)26(33)28-11-5-13-31-15-12-27-18-31/h2-4,6-9,12,15-16,18,21H,5,10-11,13-14,17H2,1H3,(H,28,33). The Kier molecular flexibility index (Phi) is 6.49. The SMILES string of the molecule is COC1CCN(c2nc3cc(C(=O)NCCCn4ccnc4)ccc3nc2-c2ccccc2)C1. The average molecular weight is 457 g/mol. The number of carbonyl (C=O) groups excluding carboxylic acids is 1. The fourth-order valence-corrected chi connectivity index (χ4v) is 4.29. The predicted octanol–water partition coefficient (Wildman–Crippen LogP) is 3.54. The summed E-state index contributed by atoms with van der Waals surface area (Å²) >= 11 is 0. The first-order chi connectivity index (χ1) is 16.7. The van der Waals surface area contributed by atoms with Crippen LogP contribution >= 0.6 is 0 Å². The molecule has 1 unspecified atom stereocenters. The van der Waals surface area contributed by atoms with E-state index in [4.69, 9.17) is 14.7 Å². The number of hydrogen-bond acceptors (Lipinski definition) is 6. The number of hydrogen-bond donors (Lipinski definition) is 1. The van der Waals surface area contributed by atoms with Crippen LogP contribution < -0.4 is 10.2 Å². The molecule has 2 aromatic heterocycles. The van der Waals surface area contributed by atoms with E-state index >= 15 is 0 Å². The van der Waals surface area contributed by atoms with Crippen LogP contribution in [0.1, 0.15) is 23.2 Å². The zero-order chi connectivity index (χ0) is 23.3. The molecule has 3 heterocycles. The van der Waals surface area contributed by atoms with Gasteiger partial charge in [0, 0.05) is 56.8 Å². The number of amides is 1. The van der Waals surface area contributed by atoms with E-state index in [0.717, 1.165) is 55.1 Å². The fourth-order valence-electron chi connectivity index (χ4n) is 4.29. The maximum Gasteiger partial charge on any atom is 0.251 e. The lowest BCUT2D eigenvalue weighted by atomic mass is 10.1. The summed E-state index contributed by atoms with van der Waals surface area (Å²) in [5.41, 5.74) is 3.93. The molecule has 1 fully saturated rings. The molecule has 5 rings (SSSR count). The Balaban J connectivity index is 1.39. The first-order valence-electron chi connectivity index (χ1n) is 11.6. The first-order valence-corrected chi connectivity index (χ1v) is 11.6. The minimum absolute atomic E-state index is 0.108. The van der Waals surface area contributed by atoms with Crippen molar-refractivity contribution in [3.8, 4) is 11.3 Å². The maximum absolute atomic E-state index is 12.8. The molecule has 1 atom stereocenters. The van der Waals surface area contributed by atoms with Crippen molar-refractivity contribution >= 4 is 22.8 Å². The molecule has 0 radical (unpaired) electrons. The molecular weight excluding hydrogens is 428 g/mol. The highest BCUT2D eigenvalue weighted by Crippen LogP contribution is 2.32. The number of carbonyl (C=O) groups is 1. The number of imidazole rings is 1. The second kappa shape index (κ2) is 10.0. The number of ether oxygens (including phenoxy) is 1. The van der Waals surface area contributed by atoms with Crippen molar-refractivity contribution in [1.29, 1.82) is 0 Å². The summed E-state index contributed by atoms with van der Waals surface area (Å²) in [6.07, 6.45) is 7.41. The molecule has 34 heavy (non-hydrogen) atoms. The summed E-state index contributed by atoms with van der Waals surface area (Å²) in [7, 11) is 1.75. The van der Waals surface area contributed by atoms with E-state index in [-0.39, 0.29) is 12.0 Å². The normalized spacial score (nSPS) is 15.7. The molecule has 8 nitrogen and oxygen atoms in total. The lowest BCUT2D eigenvalue weighted by molar-refractivity contribution is 0.0953. The minimum Gasteiger partial charge on any atom is -0.380 e. The van der Waals surface area contributed by atoms with Gasteiger partial charge in [-0.15, -0.1) is 0 Å². The Morgan fingerprint density at radius 1 is 1.15 bits per heavy atom. The molecule has 2 aromatic carbocycles. The van der Waals surface area contributed by atoms with Crippen molar-refractivity contribution in [2.24, 2.45) is 0 Å². The number of methoxy groups -OCH3 is 1. The number of benzene rings is 2. The summed E-state index contributed by atoms with van der Waals surface area (Å²) in [6, 6.07) is 15.6. The van der Waals surface area contributed by atoms with E-state index in [1.165, 1.54) is 0 Å². The number of nitrogens with one attached hydrogen (secondary N) is 1. The van der Waals surface area contributed by atoms with Crippen LogP contribution in [0, 0.1) is 0 Å². The number of anilines is 1. The molecule has 1 aliphatic rings. The van der Waals surface area contributed by atoms with Gasteiger partial charge >= 0.3 is 0 Å². The van der Waals surface area contributed by atoms with Gasteiger partial charge in [0.15, 0.2) is 5.82 Å². The summed E-state index contributed by atoms with van der Waals surface area (Å²) < 4.78 is 7.57. The van der Waals surface area contributed by atoms with Gasteiger partial charge in [-0.1, -0.05) is 30.3 Å². The van der Waals surface area contributed by atoms with Crippen molar-refractivity contribution in [1.82, 2.24) is 24.8 Å². The summed E-state index contributed by atoms with van der Waals surface area (Å²) in [5.74, 6) is 0.722. The molecule has 0 saturated carbocycles. The highest BCUT2D eigenvalue weighted by molar-refractivity contribution is 5.97. The molecule has 1 aliphatic heterocycles. The smallest absolute Gasteiger partial charge is 0.251 e. The maximum atomic E-state index is 12.8. The average Bonchev–Trinajstić information content (AvgIpc) is 3.58. The van der Waals surface area contributed by atoms with Crippen LogP contribution in [0.15, 0.2) is 67.3 Å². The van der Waals surface area contributed by atoms with Crippen LogP contribution in [0.4, 0.5) is 5.82 Å². The molecule has 0 aliphatic carbocycles. The molecular formula is C26H28N6O2. The Morgan fingerprint density at radius 2 is 2.03 bits per heavy atom. The summed E-state index contributed by atoms with van der Waals surface area (Å²) in [5, 5.41) is 3.00. The van der Waals surface area contributed by atoms with Crippen LogP contribution in [-0.2, 0) is 11.3 Å². The Hall–Kier alpha value is -3.78. The molecule has 4 aromatic rings. The molecule has 1 N–H and O–H groups in total. The molecule has 8 heteroatoms. The van der Waals surface area contributed by atoms with E-state index in [0.29, 0.717) is 17.6 Å². The van der Waals surface area contributed by atoms with E-state index in [2.05, 4.69) is 27.3 Å². The van der Waals surface area contributed by atoms with Crippen molar-refractivity contribution in [3.05, 3.63) is 72.8 Å². The van der Waals surface area contributed by atoms with Gasteiger partial charge < -0.3 is 19.5 Å². The van der Waals surface area contributed by atoms with E-state index in [9.17, 15) is 4.79 Å². The first kappa shape index (κ1) is 22.0. The summed E-state index contributed by atoms with van der Waals surface area (Å²) in [6.45, 7) is 3.03. The zero-order valence-electron chi connectivity index (χ0n) is 19.2. The third-order valence-corrected chi connectivity index (χ3v) is 6.17. The van der Waals surface area contributed by atoms with E-state index in [1.807, 2.05) is 47.2 Å². The van der Waals surface area contributed by atoms with Crippen molar-refractivity contribution in [3.63, 3.8) is 0 Å². The second-order valence-corrected chi connectivity index (χ2v) is 8.47. The van der Waals surface area contributed by atoms with Gasteiger partial charge in [-0.3, -0.25) is 4.79 Å². The Morgan fingerprint density at radius 3 is 2.79 bits per heavy atom. The quantitative estimate of drug-likeness (QED) is 0.408. The van der Waals surface area contributed by atoms with Gasteiger partial charge in [-0.25, -0.2) is 15.0 Å². The molecule has 1 amide bonds. The topological polar surface area (TPSA) is 85.2 Å². The van der Waals surface area contributed by atoms with Gasteiger partial charge in [0.2, 0.25) is 0 Å². The number of aromatic nitrogens is 4. The number of fused-ring (bicyclic) bond motifs is 1. The van der Waals surface area contributed by atoms with Gasteiger partial charge in [0.25, 0.3) is 5.91 Å². The van der Waals surface area contributed by atoms with Gasteiger partial charge in [0.1, 0.15) is 5.69 Å². The highest BCUT2D eigenvalue weighted by Gasteiger charge is 2.26. The fraction of sp³-hybridized carbons (Fsp3) is 0.308. The third kappa shape index (κ3) is 4.77. The highest BCUT2D eigenvalue weighted by atomic mass is 16.5. The van der Waals surface area contributed by atoms with Crippen LogP contribution in [0.25, 0.3) is 22.3 Å². The lowest BCUT2D eigenvalue weighted by Crippen LogP contribution is -2.25. The van der Waals surface area contributed by atoms with E-state index < -0.39 is 0 Å². The lowest BCUT2D eigenvalue weighted by Gasteiger charge is -2.21. The predicted molar refractivity (Wildman–Crippen MR) is 132 cm³/mol. The Labute approximate surface area is 198 Å². The number of nitrogens with zero attached hydrogens (tertiary/aromatic N) is 5.